The molecule has 1 fully saturated rings. The van der Waals surface area contributed by atoms with Crippen LogP contribution >= 0.6 is 0 Å². The quantitative estimate of drug-likeness (QED) is 0.712. The second-order valence-corrected chi connectivity index (χ2v) is 5.53. The first-order chi connectivity index (χ1) is 10.6. The number of carbonyl (C=O) groups excluding carboxylic acids is 1. The number of ether oxygens (including phenoxy) is 1. The highest BCUT2D eigenvalue weighted by Gasteiger charge is 2.22. The molecule has 122 valence electrons. The Morgan fingerprint density at radius 1 is 1.41 bits per heavy atom. The van der Waals surface area contributed by atoms with Gasteiger partial charge in [-0.15, -0.1) is 0 Å². The molecule has 2 atom stereocenters. The minimum absolute atomic E-state index is 0.0624. The molecular weight excluding hydrogens is 284 g/mol. The van der Waals surface area contributed by atoms with E-state index in [1.165, 1.54) is 0 Å². The fourth-order valence-corrected chi connectivity index (χ4v) is 2.47. The summed E-state index contributed by atoms with van der Waals surface area (Å²) in [6, 6.07) is 3.43. The summed E-state index contributed by atoms with van der Waals surface area (Å²) in [5.41, 5.74) is 0.639. The Balaban J connectivity index is 1.88. The molecule has 0 saturated carbocycles. The number of carbonyl (C=O) groups is 1. The molecule has 2 heterocycles. The van der Waals surface area contributed by atoms with Gasteiger partial charge in [0.1, 0.15) is 5.82 Å². The Morgan fingerprint density at radius 3 is 2.73 bits per heavy atom. The molecule has 0 unspecified atom stereocenters. The molecule has 1 aliphatic heterocycles. The lowest BCUT2D eigenvalue weighted by atomic mass is 10.2. The van der Waals surface area contributed by atoms with Gasteiger partial charge >= 0.3 is 6.03 Å². The van der Waals surface area contributed by atoms with Crippen LogP contribution in [0.4, 0.5) is 16.3 Å². The predicted molar refractivity (Wildman–Crippen MR) is 85.2 cm³/mol. The Morgan fingerprint density at radius 2 is 2.14 bits per heavy atom. The van der Waals surface area contributed by atoms with Gasteiger partial charge in [-0.25, -0.2) is 9.78 Å². The molecular formula is C15H24N4O3. The number of rotatable bonds is 5. The molecule has 22 heavy (non-hydrogen) atoms. The molecule has 7 heteroatoms. The highest BCUT2D eigenvalue weighted by molar-refractivity contribution is 5.89. The van der Waals surface area contributed by atoms with Gasteiger partial charge in [0.25, 0.3) is 0 Å². The molecule has 2 amide bonds. The van der Waals surface area contributed by atoms with E-state index in [4.69, 9.17) is 9.84 Å². The summed E-state index contributed by atoms with van der Waals surface area (Å²) in [7, 11) is 0. The molecule has 1 saturated heterocycles. The minimum Gasteiger partial charge on any atom is -0.396 e. The lowest BCUT2D eigenvalue weighted by molar-refractivity contribution is -0.00545. The number of aromatic nitrogens is 1. The first-order valence-corrected chi connectivity index (χ1v) is 7.60. The zero-order chi connectivity index (χ0) is 15.9. The van der Waals surface area contributed by atoms with Crippen LogP contribution in [0.2, 0.25) is 0 Å². The van der Waals surface area contributed by atoms with Gasteiger partial charge < -0.3 is 25.4 Å². The fraction of sp³-hybridized carbons (Fsp3) is 0.600. The van der Waals surface area contributed by atoms with Gasteiger partial charge in [-0.05, 0) is 32.4 Å². The number of amides is 2. The smallest absolute Gasteiger partial charge is 0.319 e. The minimum atomic E-state index is -0.295. The molecule has 1 aromatic rings. The Bertz CT molecular complexity index is 470. The van der Waals surface area contributed by atoms with Crippen LogP contribution in [-0.4, -0.2) is 54.6 Å². The van der Waals surface area contributed by atoms with Gasteiger partial charge in [0.2, 0.25) is 0 Å². The topological polar surface area (TPSA) is 86.7 Å². The van der Waals surface area contributed by atoms with E-state index in [0.717, 1.165) is 18.9 Å². The van der Waals surface area contributed by atoms with Crippen molar-refractivity contribution in [3.8, 4) is 0 Å². The fourth-order valence-electron chi connectivity index (χ4n) is 2.47. The van der Waals surface area contributed by atoms with Crippen LogP contribution in [-0.2, 0) is 4.74 Å². The van der Waals surface area contributed by atoms with Gasteiger partial charge in [-0.1, -0.05) is 0 Å². The molecule has 1 aromatic heterocycles. The molecule has 7 nitrogen and oxygen atoms in total. The lowest BCUT2D eigenvalue weighted by Gasteiger charge is -2.36. The number of nitrogens with one attached hydrogen (secondary N) is 2. The first-order valence-electron chi connectivity index (χ1n) is 7.60. The van der Waals surface area contributed by atoms with E-state index >= 15 is 0 Å². The maximum atomic E-state index is 11.6. The summed E-state index contributed by atoms with van der Waals surface area (Å²) < 4.78 is 5.71. The summed E-state index contributed by atoms with van der Waals surface area (Å²) in [5, 5.41) is 14.0. The van der Waals surface area contributed by atoms with Crippen molar-refractivity contribution in [2.24, 2.45) is 0 Å². The molecule has 0 radical (unpaired) electrons. The third-order valence-corrected chi connectivity index (χ3v) is 3.37. The van der Waals surface area contributed by atoms with Crippen molar-refractivity contribution in [3.05, 3.63) is 18.3 Å². The van der Waals surface area contributed by atoms with E-state index in [1.807, 2.05) is 12.1 Å². The SMILES string of the molecule is C[C@@H]1CN(c2ccc(NC(=O)NCCCO)cn2)C[C@@H](C)O1. The number of pyridine rings is 1. The molecule has 1 aliphatic rings. The summed E-state index contributed by atoms with van der Waals surface area (Å²) >= 11 is 0. The molecule has 0 spiro atoms. The van der Waals surface area contributed by atoms with E-state index in [2.05, 4.69) is 34.4 Å². The van der Waals surface area contributed by atoms with Crippen LogP contribution in [0.5, 0.6) is 0 Å². The Labute approximate surface area is 130 Å². The molecule has 2 rings (SSSR count). The van der Waals surface area contributed by atoms with Gasteiger partial charge in [-0.2, -0.15) is 0 Å². The number of hydrogen-bond acceptors (Lipinski definition) is 5. The standard InChI is InChI=1S/C15H24N4O3/c1-11-9-19(10-12(2)22-11)14-5-4-13(8-17-14)18-15(21)16-6-3-7-20/h4-5,8,11-12,20H,3,6-7,9-10H2,1-2H3,(H2,16,18,21)/t11-,12-/m1/s1. The number of aliphatic hydroxyl groups excluding tert-OH is 1. The number of nitrogens with zero attached hydrogens (tertiary/aromatic N) is 2. The summed E-state index contributed by atoms with van der Waals surface area (Å²) in [5.74, 6) is 0.883. The summed E-state index contributed by atoms with van der Waals surface area (Å²) in [4.78, 5) is 18.2. The van der Waals surface area contributed by atoms with Crippen LogP contribution in [0.1, 0.15) is 20.3 Å². The number of aliphatic hydroxyl groups is 1. The lowest BCUT2D eigenvalue weighted by Crippen LogP contribution is -2.45. The summed E-state index contributed by atoms with van der Waals surface area (Å²) in [6.45, 7) is 6.23. The molecule has 0 aliphatic carbocycles. The Kier molecular flexibility index (Phi) is 5.97. The molecule has 0 bridgehead atoms. The van der Waals surface area contributed by atoms with E-state index in [9.17, 15) is 4.79 Å². The van der Waals surface area contributed by atoms with E-state index in [1.54, 1.807) is 6.20 Å². The van der Waals surface area contributed by atoms with Crippen LogP contribution < -0.4 is 15.5 Å². The van der Waals surface area contributed by atoms with Crippen LogP contribution in [0, 0.1) is 0 Å². The van der Waals surface area contributed by atoms with E-state index < -0.39 is 0 Å². The van der Waals surface area contributed by atoms with Crippen molar-refractivity contribution in [2.75, 3.05) is 36.5 Å². The van der Waals surface area contributed by atoms with Crippen LogP contribution in [0.25, 0.3) is 0 Å². The number of hydrogen-bond donors (Lipinski definition) is 3. The average molecular weight is 308 g/mol. The van der Waals surface area contributed by atoms with Crippen molar-refractivity contribution in [1.82, 2.24) is 10.3 Å². The predicted octanol–water partition coefficient (Wildman–Crippen LogP) is 1.20. The van der Waals surface area contributed by atoms with Gasteiger partial charge in [0.15, 0.2) is 0 Å². The number of anilines is 2. The molecule has 0 aromatic carbocycles. The number of urea groups is 1. The first kappa shape index (κ1) is 16.5. The van der Waals surface area contributed by atoms with Crippen LogP contribution in [0.3, 0.4) is 0 Å². The monoisotopic (exact) mass is 308 g/mol. The third-order valence-electron chi connectivity index (χ3n) is 3.37. The third kappa shape index (κ3) is 4.85. The Hall–Kier alpha value is -1.86. The van der Waals surface area contributed by atoms with Crippen molar-refractivity contribution >= 4 is 17.5 Å². The van der Waals surface area contributed by atoms with Gasteiger partial charge in [0, 0.05) is 26.2 Å². The second kappa shape index (κ2) is 7.95. The number of morpholine rings is 1. The van der Waals surface area contributed by atoms with Crippen molar-refractivity contribution in [3.63, 3.8) is 0 Å². The van der Waals surface area contributed by atoms with E-state index in [0.29, 0.717) is 18.7 Å². The second-order valence-electron chi connectivity index (χ2n) is 5.53. The van der Waals surface area contributed by atoms with Crippen molar-refractivity contribution < 1.29 is 14.6 Å². The van der Waals surface area contributed by atoms with Crippen molar-refractivity contribution in [2.45, 2.75) is 32.5 Å². The zero-order valence-corrected chi connectivity index (χ0v) is 13.1. The van der Waals surface area contributed by atoms with Crippen LogP contribution in [0.15, 0.2) is 18.3 Å². The molecule has 3 N–H and O–H groups in total. The average Bonchev–Trinajstić information content (AvgIpc) is 2.47. The van der Waals surface area contributed by atoms with E-state index in [-0.39, 0.29) is 24.8 Å². The van der Waals surface area contributed by atoms with Crippen molar-refractivity contribution in [1.29, 1.82) is 0 Å². The maximum Gasteiger partial charge on any atom is 0.319 e. The normalized spacial score (nSPS) is 21.5. The largest absolute Gasteiger partial charge is 0.396 e. The maximum absolute atomic E-state index is 11.6. The highest BCUT2D eigenvalue weighted by atomic mass is 16.5. The van der Waals surface area contributed by atoms with Gasteiger partial charge in [0.05, 0.1) is 24.1 Å². The zero-order valence-electron chi connectivity index (χ0n) is 13.1. The van der Waals surface area contributed by atoms with Gasteiger partial charge in [-0.3, -0.25) is 0 Å². The summed E-state index contributed by atoms with van der Waals surface area (Å²) in [6.07, 6.45) is 2.55. The highest BCUT2D eigenvalue weighted by Crippen LogP contribution is 2.19.